The third-order valence-corrected chi connectivity index (χ3v) is 7.23. The molecule has 7 heteroatoms. The first-order valence-corrected chi connectivity index (χ1v) is 11.6. The van der Waals surface area contributed by atoms with E-state index in [0.29, 0.717) is 24.1 Å². The van der Waals surface area contributed by atoms with Crippen LogP contribution in [0, 0.1) is 5.92 Å². The van der Waals surface area contributed by atoms with Crippen molar-refractivity contribution in [2.45, 2.75) is 57.8 Å². The number of likely N-dealkylation sites (tertiary alicyclic amines) is 2. The first kappa shape index (κ1) is 19.4. The lowest BCUT2D eigenvalue weighted by atomic mass is 9.85. The molecule has 0 saturated carbocycles. The van der Waals surface area contributed by atoms with Gasteiger partial charge in [-0.2, -0.15) is 0 Å². The van der Waals surface area contributed by atoms with E-state index in [4.69, 9.17) is 4.98 Å². The van der Waals surface area contributed by atoms with Gasteiger partial charge in [0.1, 0.15) is 5.69 Å². The smallest absolute Gasteiger partial charge is 0.317 e. The van der Waals surface area contributed by atoms with Gasteiger partial charge in [-0.1, -0.05) is 6.08 Å². The highest BCUT2D eigenvalue weighted by Gasteiger charge is 2.32. The van der Waals surface area contributed by atoms with Crippen LogP contribution in [0.25, 0.3) is 0 Å². The number of urea groups is 1. The number of amides is 3. The van der Waals surface area contributed by atoms with Gasteiger partial charge in [0.25, 0.3) is 5.91 Å². The Balaban J connectivity index is 1.40. The fourth-order valence-corrected chi connectivity index (χ4v) is 5.66. The van der Waals surface area contributed by atoms with Gasteiger partial charge < -0.3 is 15.1 Å². The molecular formula is C21H30N4O2S. The molecule has 4 rings (SSSR count). The Labute approximate surface area is 171 Å². The summed E-state index contributed by atoms with van der Waals surface area (Å²) in [7, 11) is 0. The van der Waals surface area contributed by atoms with Crippen molar-refractivity contribution in [2.24, 2.45) is 5.92 Å². The van der Waals surface area contributed by atoms with Gasteiger partial charge in [0.15, 0.2) is 0 Å². The van der Waals surface area contributed by atoms with Crippen molar-refractivity contribution in [1.29, 1.82) is 0 Å². The monoisotopic (exact) mass is 402 g/mol. The molecule has 2 aliphatic heterocycles. The van der Waals surface area contributed by atoms with E-state index < -0.39 is 0 Å². The van der Waals surface area contributed by atoms with Crippen LogP contribution in [0.3, 0.4) is 0 Å². The summed E-state index contributed by atoms with van der Waals surface area (Å²) in [4.78, 5) is 33.7. The van der Waals surface area contributed by atoms with Crippen LogP contribution in [0.1, 0.15) is 73.3 Å². The van der Waals surface area contributed by atoms with Crippen LogP contribution in [0.2, 0.25) is 0 Å². The molecule has 0 bridgehead atoms. The maximum absolute atomic E-state index is 13.1. The molecule has 1 aromatic rings. The summed E-state index contributed by atoms with van der Waals surface area (Å²) in [6.07, 6.45) is 9.93. The number of carbonyl (C=O) groups excluding carboxylic acids is 2. The second-order valence-electron chi connectivity index (χ2n) is 8.02. The van der Waals surface area contributed by atoms with Crippen LogP contribution in [0.4, 0.5) is 4.79 Å². The fraction of sp³-hybridized carbons (Fsp3) is 0.667. The molecule has 1 unspecified atom stereocenters. The maximum Gasteiger partial charge on any atom is 0.317 e. The predicted octanol–water partition coefficient (Wildman–Crippen LogP) is 3.97. The van der Waals surface area contributed by atoms with E-state index in [0.717, 1.165) is 50.3 Å². The molecule has 2 saturated heterocycles. The lowest BCUT2D eigenvalue weighted by molar-refractivity contribution is 0.0743. The van der Waals surface area contributed by atoms with Crippen molar-refractivity contribution in [3.05, 3.63) is 27.9 Å². The second kappa shape index (κ2) is 8.64. The molecule has 28 heavy (non-hydrogen) atoms. The van der Waals surface area contributed by atoms with Crippen molar-refractivity contribution < 1.29 is 9.59 Å². The molecule has 1 aliphatic carbocycles. The van der Waals surface area contributed by atoms with E-state index >= 15 is 0 Å². The van der Waals surface area contributed by atoms with Crippen molar-refractivity contribution in [1.82, 2.24) is 20.1 Å². The Bertz CT molecular complexity index is 751. The third-order valence-electron chi connectivity index (χ3n) is 6.22. The van der Waals surface area contributed by atoms with Gasteiger partial charge in [-0.05, 0) is 57.8 Å². The highest BCUT2D eigenvalue weighted by atomic mass is 32.1. The van der Waals surface area contributed by atoms with Gasteiger partial charge in [0.05, 0.1) is 5.01 Å². The van der Waals surface area contributed by atoms with E-state index in [1.165, 1.54) is 25.0 Å². The number of piperidine rings is 2. The number of nitrogens with one attached hydrogen (secondary N) is 1. The Hall–Kier alpha value is -1.89. The Morgan fingerprint density at radius 2 is 1.93 bits per heavy atom. The summed E-state index contributed by atoms with van der Waals surface area (Å²) in [6.45, 7) is 4.91. The van der Waals surface area contributed by atoms with Gasteiger partial charge in [0, 0.05) is 43.2 Å². The Kier molecular flexibility index (Phi) is 5.99. The lowest BCUT2D eigenvalue weighted by Gasteiger charge is -2.37. The number of thiazole rings is 1. The van der Waals surface area contributed by atoms with Gasteiger partial charge in [-0.25, -0.2) is 9.78 Å². The number of fused-ring (bicyclic) bond motifs is 1. The van der Waals surface area contributed by atoms with Crippen LogP contribution in [0.5, 0.6) is 0 Å². The molecule has 2 fully saturated rings. The largest absolute Gasteiger partial charge is 0.338 e. The first-order valence-electron chi connectivity index (χ1n) is 10.7. The van der Waals surface area contributed by atoms with Crippen molar-refractivity contribution in [3.63, 3.8) is 0 Å². The number of aromatic nitrogens is 1. The molecule has 0 radical (unpaired) electrons. The van der Waals surface area contributed by atoms with Crippen molar-refractivity contribution >= 4 is 23.3 Å². The van der Waals surface area contributed by atoms with Gasteiger partial charge in [-0.3, -0.25) is 4.79 Å². The van der Waals surface area contributed by atoms with Crippen LogP contribution < -0.4 is 5.32 Å². The average Bonchev–Trinajstić information content (AvgIpc) is 3.23. The molecule has 1 atom stereocenters. The average molecular weight is 403 g/mol. The molecule has 1 N–H and O–H groups in total. The van der Waals surface area contributed by atoms with Crippen LogP contribution in [0.15, 0.2) is 17.2 Å². The lowest BCUT2D eigenvalue weighted by Crippen LogP contribution is -2.44. The Morgan fingerprint density at radius 3 is 2.71 bits per heavy atom. The van der Waals surface area contributed by atoms with Gasteiger partial charge >= 0.3 is 6.03 Å². The number of hydrogen-bond donors (Lipinski definition) is 1. The molecule has 3 amide bonds. The summed E-state index contributed by atoms with van der Waals surface area (Å²) in [5, 5.41) is 5.84. The maximum atomic E-state index is 13.1. The molecule has 6 nitrogen and oxygen atoms in total. The minimum atomic E-state index is 0.0244. The molecular weight excluding hydrogens is 372 g/mol. The summed E-state index contributed by atoms with van der Waals surface area (Å²) in [5.74, 6) is 0.975. The minimum absolute atomic E-state index is 0.0244. The number of allylic oxidation sites excluding steroid dienone is 2. The van der Waals surface area contributed by atoms with E-state index in [2.05, 4.69) is 11.4 Å². The van der Waals surface area contributed by atoms with E-state index in [1.54, 1.807) is 11.3 Å². The zero-order valence-electron chi connectivity index (χ0n) is 16.7. The van der Waals surface area contributed by atoms with E-state index in [1.807, 2.05) is 22.1 Å². The molecule has 3 heterocycles. The minimum Gasteiger partial charge on any atom is -0.338 e. The standard InChI is InChI=1S/C21H30N4O2S/c1-2-22-21(27)24-12-9-16(10-13-24)19-23-17(14-28-19)20(26)25-11-5-7-15-6-3-4-8-18(15)25/h8,14-16H,2-7,9-13H2,1H3,(H,22,27). The zero-order valence-corrected chi connectivity index (χ0v) is 17.5. The number of nitrogens with zero attached hydrogens (tertiary/aromatic N) is 3. The van der Waals surface area contributed by atoms with E-state index in [9.17, 15) is 9.59 Å². The van der Waals surface area contributed by atoms with Gasteiger partial charge in [0.2, 0.25) is 0 Å². The number of hydrogen-bond acceptors (Lipinski definition) is 4. The van der Waals surface area contributed by atoms with Crippen LogP contribution >= 0.6 is 11.3 Å². The number of rotatable bonds is 3. The molecule has 1 aromatic heterocycles. The third kappa shape index (κ3) is 3.95. The zero-order chi connectivity index (χ0) is 19.5. The molecule has 152 valence electrons. The highest BCUT2D eigenvalue weighted by Crippen LogP contribution is 2.36. The summed E-state index contributed by atoms with van der Waals surface area (Å²) < 4.78 is 0. The molecule has 0 aromatic carbocycles. The second-order valence-corrected chi connectivity index (χ2v) is 8.91. The normalized spacial score (nSPS) is 23.2. The fourth-order valence-electron chi connectivity index (χ4n) is 4.70. The number of carbonyl (C=O) groups is 2. The summed E-state index contributed by atoms with van der Waals surface area (Å²) in [6, 6.07) is 0.0244. The molecule has 0 spiro atoms. The Morgan fingerprint density at radius 1 is 1.14 bits per heavy atom. The SMILES string of the molecule is CCNC(=O)N1CCC(c2nc(C(=O)N3CCCC4CCCC=C43)cs2)CC1. The topological polar surface area (TPSA) is 65.5 Å². The summed E-state index contributed by atoms with van der Waals surface area (Å²) >= 11 is 1.60. The van der Waals surface area contributed by atoms with Gasteiger partial charge in [-0.15, -0.1) is 11.3 Å². The van der Waals surface area contributed by atoms with Crippen LogP contribution in [-0.2, 0) is 0 Å². The van der Waals surface area contributed by atoms with Crippen molar-refractivity contribution in [3.8, 4) is 0 Å². The highest BCUT2D eigenvalue weighted by molar-refractivity contribution is 7.09. The van der Waals surface area contributed by atoms with E-state index in [-0.39, 0.29) is 11.9 Å². The molecule has 3 aliphatic rings. The van der Waals surface area contributed by atoms with Crippen LogP contribution in [-0.4, -0.2) is 52.9 Å². The quantitative estimate of drug-likeness (QED) is 0.832. The summed E-state index contributed by atoms with van der Waals surface area (Å²) in [5.41, 5.74) is 1.84. The van der Waals surface area contributed by atoms with Crippen molar-refractivity contribution in [2.75, 3.05) is 26.2 Å². The first-order chi connectivity index (χ1) is 13.7. The predicted molar refractivity (Wildman–Crippen MR) is 110 cm³/mol.